The molecule has 2 unspecified atom stereocenters. The van der Waals surface area contributed by atoms with Crippen LogP contribution in [0.4, 0.5) is 0 Å². The van der Waals surface area contributed by atoms with Crippen molar-refractivity contribution in [2.45, 2.75) is 19.8 Å². The fourth-order valence-electron chi connectivity index (χ4n) is 1.95. The first-order chi connectivity index (χ1) is 8.54. The molecule has 1 aromatic carbocycles. The largest absolute Gasteiger partial charge is 0.481 e. The van der Waals surface area contributed by atoms with Crippen molar-refractivity contribution >= 4 is 21.9 Å². The number of ether oxygens (including phenoxy) is 1. The summed E-state index contributed by atoms with van der Waals surface area (Å²) in [7, 11) is 1.64. The Bertz CT molecular complexity index is 392. The van der Waals surface area contributed by atoms with Crippen LogP contribution in [-0.2, 0) is 16.0 Å². The predicted molar refractivity (Wildman–Crippen MR) is 74.6 cm³/mol. The molecule has 0 saturated heterocycles. The smallest absolute Gasteiger partial charge is 0.307 e. The molecule has 3 nitrogen and oxygen atoms in total. The Morgan fingerprint density at radius 2 is 2.22 bits per heavy atom. The van der Waals surface area contributed by atoms with E-state index < -0.39 is 5.97 Å². The maximum atomic E-state index is 11.3. The zero-order valence-electron chi connectivity index (χ0n) is 10.7. The van der Waals surface area contributed by atoms with Gasteiger partial charge in [0.1, 0.15) is 0 Å². The van der Waals surface area contributed by atoms with E-state index in [0.29, 0.717) is 13.0 Å². The first-order valence-corrected chi connectivity index (χ1v) is 6.80. The summed E-state index contributed by atoms with van der Waals surface area (Å²) in [5.74, 6) is -1.01. The third kappa shape index (κ3) is 4.78. The van der Waals surface area contributed by atoms with Crippen molar-refractivity contribution in [3.05, 3.63) is 34.3 Å². The highest BCUT2D eigenvalue weighted by atomic mass is 79.9. The van der Waals surface area contributed by atoms with Crippen LogP contribution in [-0.4, -0.2) is 24.8 Å². The fraction of sp³-hybridized carbons (Fsp3) is 0.500. The summed E-state index contributed by atoms with van der Waals surface area (Å²) in [4.78, 5) is 11.3. The van der Waals surface area contributed by atoms with Gasteiger partial charge in [-0.25, -0.2) is 0 Å². The standard InChI is InChI=1S/C14H19BrO3/c1-10(6-7-18-2)13(14(16)17)9-11-4-3-5-12(15)8-11/h3-5,8,10,13H,6-7,9H2,1-2H3,(H,16,17). The highest BCUT2D eigenvalue weighted by Gasteiger charge is 2.24. The Hall–Kier alpha value is -0.870. The molecule has 1 rings (SSSR count). The third-order valence-electron chi connectivity index (χ3n) is 3.13. The normalized spacial score (nSPS) is 14.2. The molecule has 2 atom stereocenters. The van der Waals surface area contributed by atoms with Gasteiger partial charge < -0.3 is 9.84 Å². The van der Waals surface area contributed by atoms with Gasteiger partial charge in [0.25, 0.3) is 0 Å². The van der Waals surface area contributed by atoms with E-state index in [2.05, 4.69) is 15.9 Å². The van der Waals surface area contributed by atoms with Crippen LogP contribution in [0.25, 0.3) is 0 Å². The van der Waals surface area contributed by atoms with Crippen LogP contribution in [0.15, 0.2) is 28.7 Å². The number of benzene rings is 1. The van der Waals surface area contributed by atoms with Gasteiger partial charge in [-0.3, -0.25) is 4.79 Å². The Balaban J connectivity index is 2.71. The molecule has 0 fully saturated rings. The van der Waals surface area contributed by atoms with Gasteiger partial charge in [-0.15, -0.1) is 0 Å². The van der Waals surface area contributed by atoms with Crippen molar-refractivity contribution in [3.63, 3.8) is 0 Å². The van der Waals surface area contributed by atoms with Crippen LogP contribution >= 0.6 is 15.9 Å². The Morgan fingerprint density at radius 3 is 2.78 bits per heavy atom. The van der Waals surface area contributed by atoms with E-state index >= 15 is 0 Å². The van der Waals surface area contributed by atoms with Gasteiger partial charge in [-0.2, -0.15) is 0 Å². The van der Waals surface area contributed by atoms with Gasteiger partial charge in [-0.05, 0) is 36.5 Å². The summed E-state index contributed by atoms with van der Waals surface area (Å²) in [6.45, 7) is 2.57. The summed E-state index contributed by atoms with van der Waals surface area (Å²) < 4.78 is 5.99. The SMILES string of the molecule is COCCC(C)C(Cc1cccc(Br)c1)C(=O)O. The van der Waals surface area contributed by atoms with Gasteiger partial charge in [0.2, 0.25) is 0 Å². The number of methoxy groups -OCH3 is 1. The maximum Gasteiger partial charge on any atom is 0.307 e. The molecule has 18 heavy (non-hydrogen) atoms. The van der Waals surface area contributed by atoms with E-state index in [-0.39, 0.29) is 11.8 Å². The van der Waals surface area contributed by atoms with E-state index in [4.69, 9.17) is 4.74 Å². The molecule has 0 amide bonds. The number of hydrogen-bond donors (Lipinski definition) is 1. The Kier molecular flexibility index (Phi) is 6.36. The lowest BCUT2D eigenvalue weighted by Gasteiger charge is -2.20. The molecule has 0 spiro atoms. The predicted octanol–water partition coefficient (Wildman–Crippen LogP) is 3.37. The molecule has 0 aromatic heterocycles. The van der Waals surface area contributed by atoms with Gasteiger partial charge in [0, 0.05) is 18.2 Å². The van der Waals surface area contributed by atoms with Crippen molar-refractivity contribution in [2.75, 3.05) is 13.7 Å². The van der Waals surface area contributed by atoms with Crippen molar-refractivity contribution in [1.82, 2.24) is 0 Å². The van der Waals surface area contributed by atoms with E-state index in [9.17, 15) is 9.90 Å². The second-order valence-electron chi connectivity index (χ2n) is 4.54. The zero-order chi connectivity index (χ0) is 13.5. The van der Waals surface area contributed by atoms with Crippen LogP contribution in [0.1, 0.15) is 18.9 Å². The second-order valence-corrected chi connectivity index (χ2v) is 5.45. The number of rotatable bonds is 7. The van der Waals surface area contributed by atoms with E-state index in [1.54, 1.807) is 7.11 Å². The molecule has 0 aliphatic carbocycles. The first-order valence-electron chi connectivity index (χ1n) is 6.00. The minimum Gasteiger partial charge on any atom is -0.481 e. The van der Waals surface area contributed by atoms with E-state index in [1.807, 2.05) is 31.2 Å². The Labute approximate surface area is 116 Å². The quantitative estimate of drug-likeness (QED) is 0.839. The average molecular weight is 315 g/mol. The van der Waals surface area contributed by atoms with Crippen LogP contribution in [0.5, 0.6) is 0 Å². The number of carboxylic acids is 1. The monoisotopic (exact) mass is 314 g/mol. The van der Waals surface area contributed by atoms with Crippen molar-refractivity contribution in [2.24, 2.45) is 11.8 Å². The number of carbonyl (C=O) groups is 1. The topological polar surface area (TPSA) is 46.5 Å². The number of carboxylic acid groups (broad SMARTS) is 1. The minimum absolute atomic E-state index is 0.0985. The summed E-state index contributed by atoms with van der Waals surface area (Å²) in [6, 6.07) is 7.80. The molecule has 100 valence electrons. The highest BCUT2D eigenvalue weighted by Crippen LogP contribution is 2.22. The van der Waals surface area contributed by atoms with Crippen molar-refractivity contribution in [1.29, 1.82) is 0 Å². The molecular formula is C14H19BrO3. The number of aliphatic carboxylic acids is 1. The number of halogens is 1. The van der Waals surface area contributed by atoms with Crippen molar-refractivity contribution < 1.29 is 14.6 Å². The summed E-state index contributed by atoms with van der Waals surface area (Å²) in [5, 5.41) is 9.32. The lowest BCUT2D eigenvalue weighted by atomic mass is 9.86. The van der Waals surface area contributed by atoms with E-state index in [0.717, 1.165) is 16.5 Å². The highest BCUT2D eigenvalue weighted by molar-refractivity contribution is 9.10. The van der Waals surface area contributed by atoms with Gasteiger partial charge in [0.15, 0.2) is 0 Å². The minimum atomic E-state index is -0.737. The molecule has 1 N–H and O–H groups in total. The summed E-state index contributed by atoms with van der Waals surface area (Å²) in [5.41, 5.74) is 1.04. The Morgan fingerprint density at radius 1 is 1.50 bits per heavy atom. The second kappa shape index (κ2) is 7.54. The molecular weight excluding hydrogens is 296 g/mol. The van der Waals surface area contributed by atoms with Crippen LogP contribution in [0.2, 0.25) is 0 Å². The van der Waals surface area contributed by atoms with Gasteiger partial charge in [0.05, 0.1) is 5.92 Å². The average Bonchev–Trinajstić information content (AvgIpc) is 2.32. The molecule has 0 aliphatic heterocycles. The maximum absolute atomic E-state index is 11.3. The fourth-order valence-corrected chi connectivity index (χ4v) is 2.40. The molecule has 0 saturated carbocycles. The molecule has 0 heterocycles. The van der Waals surface area contributed by atoms with Gasteiger partial charge >= 0.3 is 5.97 Å². The lowest BCUT2D eigenvalue weighted by Crippen LogP contribution is -2.25. The van der Waals surface area contributed by atoms with Crippen molar-refractivity contribution in [3.8, 4) is 0 Å². The zero-order valence-corrected chi connectivity index (χ0v) is 12.3. The molecule has 0 bridgehead atoms. The van der Waals surface area contributed by atoms with Gasteiger partial charge in [-0.1, -0.05) is 35.0 Å². The summed E-state index contributed by atoms with van der Waals surface area (Å²) >= 11 is 3.40. The van der Waals surface area contributed by atoms with Crippen LogP contribution in [0.3, 0.4) is 0 Å². The van der Waals surface area contributed by atoms with E-state index in [1.165, 1.54) is 0 Å². The summed E-state index contributed by atoms with van der Waals surface area (Å²) in [6.07, 6.45) is 1.32. The molecule has 0 aliphatic rings. The number of hydrogen-bond acceptors (Lipinski definition) is 2. The molecule has 0 radical (unpaired) electrons. The van der Waals surface area contributed by atoms with Crippen LogP contribution < -0.4 is 0 Å². The lowest BCUT2D eigenvalue weighted by molar-refractivity contribution is -0.143. The first kappa shape index (κ1) is 15.2. The third-order valence-corrected chi connectivity index (χ3v) is 3.62. The van der Waals surface area contributed by atoms with Crippen LogP contribution in [0, 0.1) is 11.8 Å². The molecule has 1 aromatic rings. The molecule has 4 heteroatoms.